The maximum atomic E-state index is 10.1. The van der Waals surface area contributed by atoms with Crippen LogP contribution in [0.4, 0.5) is 0 Å². The van der Waals surface area contributed by atoms with Gasteiger partial charge in [0.15, 0.2) is 0 Å². The normalized spacial score (nSPS) is 12.9. The number of benzene rings is 1. The van der Waals surface area contributed by atoms with Crippen LogP contribution in [0.2, 0.25) is 12.6 Å². The van der Waals surface area contributed by atoms with Gasteiger partial charge in [-0.2, -0.15) is 0 Å². The number of nitrogens with zero attached hydrogens (tertiary/aromatic N) is 1. The Labute approximate surface area is 147 Å². The number of hydrogen-bond acceptors (Lipinski definition) is 5. The summed E-state index contributed by atoms with van der Waals surface area (Å²) in [5.41, 5.74) is 2.27. The summed E-state index contributed by atoms with van der Waals surface area (Å²) in [6.45, 7) is 10.4. The molecule has 1 rings (SSSR count). The predicted molar refractivity (Wildman–Crippen MR) is 101 cm³/mol. The quantitative estimate of drug-likeness (QED) is 0.447. The number of allylic oxidation sites excluding steroid dienone is 1. The van der Waals surface area contributed by atoms with E-state index >= 15 is 0 Å². The van der Waals surface area contributed by atoms with Crippen LogP contribution in [-0.2, 0) is 15.4 Å². The van der Waals surface area contributed by atoms with Crippen molar-refractivity contribution in [3.05, 3.63) is 48.2 Å². The van der Waals surface area contributed by atoms with Crippen molar-refractivity contribution < 1.29 is 14.0 Å². The third kappa shape index (κ3) is 7.59. The fourth-order valence-electron chi connectivity index (χ4n) is 2.36. The Hall–Kier alpha value is -1.18. The van der Waals surface area contributed by atoms with Gasteiger partial charge in [-0.1, -0.05) is 36.9 Å². The van der Waals surface area contributed by atoms with Gasteiger partial charge in [0.05, 0.1) is 0 Å². The molecule has 0 aliphatic heterocycles. The molecule has 6 heteroatoms. The molecule has 0 aliphatic rings. The second kappa shape index (κ2) is 10.6. The SMILES string of the molecule is C=C(C)N(CCNC(O)CC[Si](C)(OC)OC)Cc1ccccc1. The predicted octanol–water partition coefficient (Wildman–Crippen LogP) is 2.69. The largest absolute Gasteiger partial charge is 0.398 e. The average molecular weight is 353 g/mol. The highest BCUT2D eigenvalue weighted by Crippen LogP contribution is 2.14. The lowest BCUT2D eigenvalue weighted by atomic mass is 10.2. The van der Waals surface area contributed by atoms with Crippen LogP contribution in [0.1, 0.15) is 18.9 Å². The molecule has 1 unspecified atom stereocenters. The fourth-order valence-corrected chi connectivity index (χ4v) is 3.74. The van der Waals surface area contributed by atoms with Gasteiger partial charge in [0.2, 0.25) is 0 Å². The summed E-state index contributed by atoms with van der Waals surface area (Å²) in [5, 5.41) is 13.3. The molecule has 0 spiro atoms. The average Bonchev–Trinajstić information content (AvgIpc) is 2.59. The van der Waals surface area contributed by atoms with Gasteiger partial charge in [-0.3, -0.25) is 5.32 Å². The summed E-state index contributed by atoms with van der Waals surface area (Å²) in [7, 11) is 1.23. The van der Waals surface area contributed by atoms with E-state index in [4.69, 9.17) is 8.85 Å². The molecule has 1 aromatic carbocycles. The lowest BCUT2D eigenvalue weighted by Crippen LogP contribution is -2.40. The summed E-state index contributed by atoms with van der Waals surface area (Å²) in [4.78, 5) is 2.21. The van der Waals surface area contributed by atoms with Crippen LogP contribution < -0.4 is 5.32 Å². The van der Waals surface area contributed by atoms with Crippen LogP contribution in [0.5, 0.6) is 0 Å². The molecule has 0 bridgehead atoms. The van der Waals surface area contributed by atoms with Gasteiger partial charge in [-0.15, -0.1) is 0 Å². The topological polar surface area (TPSA) is 54.0 Å². The molecule has 0 aliphatic carbocycles. The zero-order chi connectivity index (χ0) is 18.0. The Kier molecular flexibility index (Phi) is 9.24. The fraction of sp³-hybridized carbons (Fsp3) is 0.556. The van der Waals surface area contributed by atoms with Crippen LogP contribution in [0.15, 0.2) is 42.6 Å². The van der Waals surface area contributed by atoms with E-state index in [0.29, 0.717) is 13.0 Å². The smallest absolute Gasteiger partial charge is 0.334 e. The maximum Gasteiger partial charge on any atom is 0.334 e. The van der Waals surface area contributed by atoms with Gasteiger partial charge in [-0.25, -0.2) is 0 Å². The first-order valence-corrected chi connectivity index (χ1v) is 10.9. The van der Waals surface area contributed by atoms with E-state index in [-0.39, 0.29) is 0 Å². The molecule has 0 radical (unpaired) electrons. The second-order valence-electron chi connectivity index (χ2n) is 6.19. The minimum absolute atomic E-state index is 0.550. The number of hydrogen-bond donors (Lipinski definition) is 2. The molecular weight excluding hydrogens is 320 g/mol. The van der Waals surface area contributed by atoms with E-state index in [1.807, 2.05) is 31.7 Å². The minimum Gasteiger partial charge on any atom is -0.398 e. The summed E-state index contributed by atoms with van der Waals surface area (Å²) in [5.74, 6) is 0. The van der Waals surface area contributed by atoms with Gasteiger partial charge < -0.3 is 18.9 Å². The molecule has 1 atom stereocenters. The van der Waals surface area contributed by atoms with Crippen LogP contribution in [0.25, 0.3) is 0 Å². The van der Waals surface area contributed by atoms with Gasteiger partial charge in [0.1, 0.15) is 6.23 Å². The van der Waals surface area contributed by atoms with Crippen molar-refractivity contribution in [3.8, 4) is 0 Å². The zero-order valence-corrected chi connectivity index (χ0v) is 16.4. The van der Waals surface area contributed by atoms with E-state index in [1.165, 1.54) is 5.56 Å². The van der Waals surface area contributed by atoms with Crippen LogP contribution in [-0.4, -0.2) is 52.1 Å². The lowest BCUT2D eigenvalue weighted by Gasteiger charge is -2.27. The minimum atomic E-state index is -2.11. The van der Waals surface area contributed by atoms with Crippen molar-refractivity contribution in [2.24, 2.45) is 0 Å². The monoisotopic (exact) mass is 352 g/mol. The van der Waals surface area contributed by atoms with E-state index in [1.54, 1.807) is 14.2 Å². The van der Waals surface area contributed by atoms with Crippen molar-refractivity contribution in [2.45, 2.75) is 38.7 Å². The molecule has 0 fully saturated rings. The third-order valence-corrected chi connectivity index (χ3v) is 7.18. The Balaban J connectivity index is 2.36. The van der Waals surface area contributed by atoms with Gasteiger partial charge >= 0.3 is 8.56 Å². The molecule has 2 N–H and O–H groups in total. The molecule has 136 valence electrons. The highest BCUT2D eigenvalue weighted by atomic mass is 28.4. The molecular formula is C18H32N2O3Si. The number of rotatable bonds is 12. The molecule has 24 heavy (non-hydrogen) atoms. The van der Waals surface area contributed by atoms with Gasteiger partial charge in [-0.05, 0) is 31.5 Å². The molecule has 0 saturated heterocycles. The van der Waals surface area contributed by atoms with Gasteiger partial charge in [0, 0.05) is 39.6 Å². The highest BCUT2D eigenvalue weighted by molar-refractivity contribution is 6.65. The van der Waals surface area contributed by atoms with Crippen molar-refractivity contribution in [2.75, 3.05) is 27.3 Å². The highest BCUT2D eigenvalue weighted by Gasteiger charge is 2.29. The van der Waals surface area contributed by atoms with E-state index in [2.05, 4.69) is 28.9 Å². The van der Waals surface area contributed by atoms with Crippen molar-refractivity contribution in [1.29, 1.82) is 0 Å². The second-order valence-corrected chi connectivity index (χ2v) is 9.78. The van der Waals surface area contributed by atoms with Crippen molar-refractivity contribution >= 4 is 8.56 Å². The van der Waals surface area contributed by atoms with Crippen LogP contribution >= 0.6 is 0 Å². The summed E-state index contributed by atoms with van der Waals surface area (Å²) < 4.78 is 10.9. The lowest BCUT2D eigenvalue weighted by molar-refractivity contribution is 0.124. The molecule has 5 nitrogen and oxygen atoms in total. The van der Waals surface area contributed by atoms with Crippen LogP contribution in [0, 0.1) is 0 Å². The first kappa shape index (κ1) is 20.9. The van der Waals surface area contributed by atoms with E-state index in [0.717, 1.165) is 24.8 Å². The summed E-state index contributed by atoms with van der Waals surface area (Å²) in [6.07, 6.45) is 0.0710. The van der Waals surface area contributed by atoms with Crippen LogP contribution in [0.3, 0.4) is 0 Å². The third-order valence-electron chi connectivity index (χ3n) is 4.25. The maximum absolute atomic E-state index is 10.1. The Morgan fingerprint density at radius 3 is 2.46 bits per heavy atom. The number of nitrogens with one attached hydrogen (secondary N) is 1. The van der Waals surface area contributed by atoms with E-state index < -0.39 is 14.8 Å². The molecule has 0 heterocycles. The van der Waals surface area contributed by atoms with Crippen molar-refractivity contribution in [3.63, 3.8) is 0 Å². The Bertz CT molecular complexity index is 480. The standard InChI is InChI=1S/C18H32N2O3Si/c1-16(2)20(15-17-9-7-6-8-10-17)13-12-19-18(21)11-14-24(5,22-3)23-4/h6-10,18-19,21H,1,11-15H2,2-5H3. The molecule has 0 aromatic heterocycles. The van der Waals surface area contributed by atoms with Gasteiger partial charge in [0.25, 0.3) is 0 Å². The first-order chi connectivity index (χ1) is 11.4. The zero-order valence-electron chi connectivity index (χ0n) is 15.4. The molecule has 0 saturated carbocycles. The number of aliphatic hydroxyl groups excluding tert-OH is 1. The van der Waals surface area contributed by atoms with Crippen molar-refractivity contribution in [1.82, 2.24) is 10.2 Å². The van der Waals surface area contributed by atoms with E-state index in [9.17, 15) is 5.11 Å². The summed E-state index contributed by atoms with van der Waals surface area (Å²) in [6, 6.07) is 11.1. The number of aliphatic hydroxyl groups is 1. The molecule has 1 aromatic rings. The first-order valence-electron chi connectivity index (χ1n) is 8.36. The Morgan fingerprint density at radius 1 is 1.29 bits per heavy atom. The molecule has 0 amide bonds. The summed E-state index contributed by atoms with van der Waals surface area (Å²) >= 11 is 0. The Morgan fingerprint density at radius 2 is 1.92 bits per heavy atom.